The number of carbonyl (C=O) groups is 1. The zero-order valence-electron chi connectivity index (χ0n) is 16.4. The monoisotopic (exact) mass is 396 g/mol. The number of primary amides is 1. The van der Waals surface area contributed by atoms with Crippen LogP contribution in [0.1, 0.15) is 16.7 Å². The minimum Gasteiger partial charge on any atom is -0.363 e. The van der Waals surface area contributed by atoms with E-state index >= 15 is 0 Å². The van der Waals surface area contributed by atoms with Crippen molar-refractivity contribution in [3.8, 4) is 17.2 Å². The normalized spacial score (nSPS) is 15.3. The van der Waals surface area contributed by atoms with E-state index in [-0.39, 0.29) is 12.0 Å². The SMILES string of the molecule is Cc1cc(C#N)ccc1-c1ccnc(N2NC(C(N)=O)=NC2Cc2ccccc2)c1. The Balaban J connectivity index is 1.67. The summed E-state index contributed by atoms with van der Waals surface area (Å²) in [6.07, 6.45) is 1.94. The molecule has 0 radical (unpaired) electrons. The van der Waals surface area contributed by atoms with Gasteiger partial charge in [0.25, 0.3) is 5.91 Å². The van der Waals surface area contributed by atoms with Crippen molar-refractivity contribution in [1.82, 2.24) is 10.4 Å². The minimum atomic E-state index is -0.616. The smallest absolute Gasteiger partial charge is 0.285 e. The first-order valence-electron chi connectivity index (χ1n) is 9.50. The van der Waals surface area contributed by atoms with Crippen LogP contribution in [0.3, 0.4) is 0 Å². The lowest BCUT2D eigenvalue weighted by molar-refractivity contribution is -0.112. The molecular weight excluding hydrogens is 376 g/mol. The summed E-state index contributed by atoms with van der Waals surface area (Å²) in [6, 6.07) is 21.5. The van der Waals surface area contributed by atoms with E-state index in [1.165, 1.54) is 0 Å². The Bertz CT molecular complexity index is 1170. The van der Waals surface area contributed by atoms with E-state index in [9.17, 15) is 4.79 Å². The molecule has 0 saturated carbocycles. The number of amidine groups is 1. The Kier molecular flexibility index (Phi) is 5.14. The van der Waals surface area contributed by atoms with Crippen molar-refractivity contribution >= 4 is 17.6 Å². The highest BCUT2D eigenvalue weighted by molar-refractivity contribution is 6.38. The standard InChI is InChI=1S/C23H20N6O/c1-15-11-17(14-24)7-8-19(15)18-9-10-26-20(13-18)29-21(27-23(28-29)22(25)30)12-16-5-3-2-4-6-16/h2-11,13,21H,12H2,1H3,(H2,25,30)(H,27,28). The lowest BCUT2D eigenvalue weighted by atomic mass is 9.99. The van der Waals surface area contributed by atoms with Crippen molar-refractivity contribution in [2.24, 2.45) is 10.7 Å². The number of nitrogens with one attached hydrogen (secondary N) is 1. The predicted octanol–water partition coefficient (Wildman–Crippen LogP) is 2.71. The zero-order valence-corrected chi connectivity index (χ0v) is 16.4. The lowest BCUT2D eigenvalue weighted by Crippen LogP contribution is -2.45. The van der Waals surface area contributed by atoms with E-state index in [4.69, 9.17) is 11.0 Å². The number of aliphatic imine (C=N–C) groups is 1. The third-order valence-electron chi connectivity index (χ3n) is 4.96. The number of pyridine rings is 1. The number of nitriles is 1. The average molecular weight is 396 g/mol. The van der Waals surface area contributed by atoms with Crippen molar-refractivity contribution < 1.29 is 4.79 Å². The molecular formula is C23H20N6O. The number of aromatic nitrogens is 1. The molecule has 148 valence electrons. The molecule has 0 saturated heterocycles. The highest BCUT2D eigenvalue weighted by Gasteiger charge is 2.30. The first kappa shape index (κ1) is 19.2. The van der Waals surface area contributed by atoms with Gasteiger partial charge in [-0.15, -0.1) is 0 Å². The van der Waals surface area contributed by atoms with Gasteiger partial charge in [0.2, 0.25) is 5.84 Å². The number of carbonyl (C=O) groups excluding carboxylic acids is 1. The summed E-state index contributed by atoms with van der Waals surface area (Å²) in [4.78, 5) is 20.7. The van der Waals surface area contributed by atoms with E-state index in [1.807, 2.05) is 61.5 Å². The van der Waals surface area contributed by atoms with Gasteiger partial charge in [0.05, 0.1) is 11.6 Å². The second kappa shape index (κ2) is 8.05. The summed E-state index contributed by atoms with van der Waals surface area (Å²) < 4.78 is 0. The van der Waals surface area contributed by atoms with Crippen molar-refractivity contribution in [1.29, 1.82) is 5.26 Å². The van der Waals surface area contributed by atoms with Crippen molar-refractivity contribution in [2.75, 3.05) is 5.01 Å². The van der Waals surface area contributed by atoms with Gasteiger partial charge in [-0.05, 0) is 53.4 Å². The van der Waals surface area contributed by atoms with Gasteiger partial charge in [-0.1, -0.05) is 36.4 Å². The molecule has 1 aliphatic rings. The number of anilines is 1. The number of nitrogens with zero attached hydrogens (tertiary/aromatic N) is 4. The highest BCUT2D eigenvalue weighted by atomic mass is 16.1. The van der Waals surface area contributed by atoms with E-state index in [0.717, 1.165) is 22.3 Å². The number of nitrogens with two attached hydrogens (primary N) is 1. The third-order valence-corrected chi connectivity index (χ3v) is 4.96. The molecule has 3 aromatic rings. The molecule has 1 atom stereocenters. The van der Waals surface area contributed by atoms with Gasteiger partial charge in [0.15, 0.2) is 0 Å². The average Bonchev–Trinajstić information content (AvgIpc) is 3.18. The van der Waals surface area contributed by atoms with Crippen LogP contribution < -0.4 is 16.2 Å². The van der Waals surface area contributed by atoms with Gasteiger partial charge in [0.1, 0.15) is 12.0 Å². The Labute approximate surface area is 174 Å². The van der Waals surface area contributed by atoms with E-state index in [0.29, 0.717) is 17.8 Å². The maximum atomic E-state index is 11.7. The van der Waals surface area contributed by atoms with Crippen molar-refractivity contribution in [3.05, 3.63) is 83.6 Å². The molecule has 1 aliphatic heterocycles. The molecule has 0 aliphatic carbocycles. The molecule has 0 spiro atoms. The third kappa shape index (κ3) is 3.84. The Morgan fingerprint density at radius 3 is 2.70 bits per heavy atom. The van der Waals surface area contributed by atoms with Gasteiger partial charge in [-0.25, -0.2) is 15.0 Å². The number of hydrogen-bond acceptors (Lipinski definition) is 6. The lowest BCUT2D eigenvalue weighted by Gasteiger charge is -2.24. The molecule has 4 rings (SSSR count). The van der Waals surface area contributed by atoms with E-state index < -0.39 is 5.91 Å². The maximum Gasteiger partial charge on any atom is 0.285 e. The van der Waals surface area contributed by atoms with Crippen LogP contribution in [0.15, 0.2) is 71.9 Å². The van der Waals surface area contributed by atoms with Gasteiger partial charge in [-0.3, -0.25) is 10.2 Å². The zero-order chi connectivity index (χ0) is 21.1. The Morgan fingerprint density at radius 1 is 1.20 bits per heavy atom. The Morgan fingerprint density at radius 2 is 2.00 bits per heavy atom. The first-order chi connectivity index (χ1) is 14.5. The van der Waals surface area contributed by atoms with E-state index in [2.05, 4.69) is 21.5 Å². The topological polar surface area (TPSA) is 107 Å². The van der Waals surface area contributed by atoms with Crippen molar-refractivity contribution in [3.63, 3.8) is 0 Å². The fourth-order valence-corrected chi connectivity index (χ4v) is 3.49. The molecule has 1 unspecified atom stereocenters. The summed E-state index contributed by atoms with van der Waals surface area (Å²) in [5.74, 6) is 0.115. The second-order valence-corrected chi connectivity index (χ2v) is 7.04. The molecule has 30 heavy (non-hydrogen) atoms. The Hall–Kier alpha value is -4.18. The molecule has 2 aromatic carbocycles. The van der Waals surface area contributed by atoms with Crippen LogP contribution in [0.2, 0.25) is 0 Å². The number of hydrazine groups is 1. The largest absolute Gasteiger partial charge is 0.363 e. The van der Waals surface area contributed by atoms with Gasteiger partial charge >= 0.3 is 0 Å². The quantitative estimate of drug-likeness (QED) is 0.689. The first-order valence-corrected chi connectivity index (χ1v) is 9.50. The van der Waals surface area contributed by atoms with Crippen LogP contribution in [0, 0.1) is 18.3 Å². The molecule has 2 heterocycles. The van der Waals surface area contributed by atoms with Crippen LogP contribution in [0.5, 0.6) is 0 Å². The van der Waals surface area contributed by atoms with Crippen LogP contribution in [0.25, 0.3) is 11.1 Å². The second-order valence-electron chi connectivity index (χ2n) is 7.04. The molecule has 0 bridgehead atoms. The van der Waals surface area contributed by atoms with Crippen LogP contribution in [-0.4, -0.2) is 22.9 Å². The van der Waals surface area contributed by atoms with Crippen LogP contribution in [0.4, 0.5) is 5.82 Å². The van der Waals surface area contributed by atoms with Crippen LogP contribution in [-0.2, 0) is 11.2 Å². The van der Waals surface area contributed by atoms with Crippen molar-refractivity contribution in [2.45, 2.75) is 19.5 Å². The maximum absolute atomic E-state index is 11.7. The summed E-state index contributed by atoms with van der Waals surface area (Å²) in [5, 5.41) is 10.9. The molecule has 1 aromatic heterocycles. The summed E-state index contributed by atoms with van der Waals surface area (Å²) in [7, 11) is 0. The highest BCUT2D eigenvalue weighted by Crippen LogP contribution is 2.28. The van der Waals surface area contributed by atoms with E-state index in [1.54, 1.807) is 17.3 Å². The fraction of sp³-hybridized carbons (Fsp3) is 0.130. The molecule has 0 fully saturated rings. The number of hydrogen-bond donors (Lipinski definition) is 2. The van der Waals surface area contributed by atoms with Gasteiger partial charge in [0, 0.05) is 12.6 Å². The summed E-state index contributed by atoms with van der Waals surface area (Å²) in [6.45, 7) is 1.97. The molecule has 1 amide bonds. The molecule has 3 N–H and O–H groups in total. The van der Waals surface area contributed by atoms with Crippen LogP contribution >= 0.6 is 0 Å². The van der Waals surface area contributed by atoms with Gasteiger partial charge in [-0.2, -0.15) is 5.26 Å². The molecule has 7 heteroatoms. The number of amides is 1. The number of benzene rings is 2. The fourth-order valence-electron chi connectivity index (χ4n) is 3.49. The minimum absolute atomic E-state index is 0.109. The van der Waals surface area contributed by atoms with Gasteiger partial charge < -0.3 is 5.73 Å². The predicted molar refractivity (Wildman–Crippen MR) is 115 cm³/mol. The summed E-state index contributed by atoms with van der Waals surface area (Å²) in [5.41, 5.74) is 13.1. The number of rotatable bonds is 5. The molecule has 7 nitrogen and oxygen atoms in total. The summed E-state index contributed by atoms with van der Waals surface area (Å²) >= 11 is 0. The number of aryl methyl sites for hydroxylation is 1.